The van der Waals surface area contributed by atoms with Crippen molar-refractivity contribution in [3.8, 4) is 0 Å². The molecule has 0 N–H and O–H groups in total. The van der Waals surface area contributed by atoms with Gasteiger partial charge in [-0.3, -0.25) is 0 Å². The Hall–Kier alpha value is -0.780. The third kappa shape index (κ3) is 11.1. The van der Waals surface area contributed by atoms with Gasteiger partial charge in [0.2, 0.25) is 0 Å². The third-order valence-electron chi connectivity index (χ3n) is 4.18. The lowest BCUT2D eigenvalue weighted by Gasteiger charge is -2.34. The molecule has 0 radical (unpaired) electrons. The Morgan fingerprint density at radius 1 is 0.650 bits per heavy atom. The van der Waals surface area contributed by atoms with Crippen molar-refractivity contribution in [2.24, 2.45) is 10.8 Å². The molecule has 0 heterocycles. The van der Waals surface area contributed by atoms with Gasteiger partial charge in [-0.05, 0) is 35.8 Å². The van der Waals surface area contributed by atoms with Crippen LogP contribution in [-0.2, 0) is 0 Å². The van der Waals surface area contributed by atoms with Crippen LogP contribution in [0.4, 0.5) is 0 Å². The molecule has 0 aromatic heterocycles. The number of rotatable bonds is 1. The van der Waals surface area contributed by atoms with Crippen molar-refractivity contribution in [1.29, 1.82) is 0 Å². The van der Waals surface area contributed by atoms with Gasteiger partial charge in [0.1, 0.15) is 0 Å². The molecule has 0 aliphatic carbocycles. The zero-order valence-electron chi connectivity index (χ0n) is 15.7. The first-order valence-corrected chi connectivity index (χ1v) is 7.99. The normalized spacial score (nSPS) is 10.9. The molecule has 20 heavy (non-hydrogen) atoms. The highest BCUT2D eigenvalue weighted by atomic mass is 14.3. The lowest BCUT2D eigenvalue weighted by atomic mass is 9.71. The molecule has 0 unspecified atom stereocenters. The van der Waals surface area contributed by atoms with Gasteiger partial charge in [0, 0.05) is 0 Å². The van der Waals surface area contributed by atoms with E-state index in [1.807, 2.05) is 0 Å². The molecular formula is C20H38. The van der Waals surface area contributed by atoms with Gasteiger partial charge < -0.3 is 0 Å². The summed E-state index contributed by atoms with van der Waals surface area (Å²) < 4.78 is 0. The van der Waals surface area contributed by atoms with Crippen LogP contribution in [0.5, 0.6) is 0 Å². The van der Waals surface area contributed by atoms with Crippen LogP contribution in [0.2, 0.25) is 0 Å². The van der Waals surface area contributed by atoms with Crippen molar-refractivity contribution in [2.45, 2.75) is 82.1 Å². The SMILES string of the molecule is CC(C)(C)C(C)(C)C.CCCC.Cc1ccccc1C. The van der Waals surface area contributed by atoms with Gasteiger partial charge in [-0.25, -0.2) is 0 Å². The summed E-state index contributed by atoms with van der Waals surface area (Å²) in [5.74, 6) is 0. The minimum atomic E-state index is 0.437. The Labute approximate surface area is 129 Å². The van der Waals surface area contributed by atoms with Gasteiger partial charge in [0.15, 0.2) is 0 Å². The Morgan fingerprint density at radius 3 is 1.00 bits per heavy atom. The van der Waals surface area contributed by atoms with Crippen LogP contribution in [0.25, 0.3) is 0 Å². The number of aryl methyl sites for hydroxylation is 2. The van der Waals surface area contributed by atoms with E-state index in [0.29, 0.717) is 10.8 Å². The molecule has 1 aromatic carbocycles. The van der Waals surface area contributed by atoms with Crippen molar-refractivity contribution in [1.82, 2.24) is 0 Å². The first kappa shape index (κ1) is 21.5. The first-order chi connectivity index (χ1) is 8.97. The average molecular weight is 279 g/mol. The second-order valence-corrected chi connectivity index (χ2v) is 7.58. The van der Waals surface area contributed by atoms with Crippen LogP contribution < -0.4 is 0 Å². The molecule has 0 aliphatic rings. The van der Waals surface area contributed by atoms with E-state index in [1.165, 1.54) is 24.0 Å². The fraction of sp³-hybridized carbons (Fsp3) is 0.700. The lowest BCUT2D eigenvalue weighted by Crippen LogP contribution is -2.25. The van der Waals surface area contributed by atoms with E-state index in [-0.39, 0.29) is 0 Å². The predicted molar refractivity (Wildman–Crippen MR) is 95.4 cm³/mol. The lowest BCUT2D eigenvalue weighted by molar-refractivity contribution is 0.157. The Morgan fingerprint density at radius 2 is 0.900 bits per heavy atom. The summed E-state index contributed by atoms with van der Waals surface area (Å²) in [5, 5.41) is 0. The van der Waals surface area contributed by atoms with Crippen molar-refractivity contribution in [3.63, 3.8) is 0 Å². The second kappa shape index (κ2) is 10.0. The van der Waals surface area contributed by atoms with Crippen LogP contribution in [0.15, 0.2) is 24.3 Å². The number of unbranched alkanes of at least 4 members (excludes halogenated alkanes) is 1. The summed E-state index contributed by atoms with van der Waals surface area (Å²) in [4.78, 5) is 0. The summed E-state index contributed by atoms with van der Waals surface area (Å²) in [5.41, 5.74) is 3.61. The van der Waals surface area contributed by atoms with E-state index < -0.39 is 0 Å². The van der Waals surface area contributed by atoms with Crippen molar-refractivity contribution >= 4 is 0 Å². The van der Waals surface area contributed by atoms with Gasteiger partial charge >= 0.3 is 0 Å². The zero-order chi connectivity index (χ0) is 16.4. The van der Waals surface area contributed by atoms with Gasteiger partial charge in [0.25, 0.3) is 0 Å². The summed E-state index contributed by atoms with van der Waals surface area (Å²) in [6.07, 6.45) is 2.64. The highest BCUT2D eigenvalue weighted by Crippen LogP contribution is 2.36. The maximum atomic E-state index is 2.27. The van der Waals surface area contributed by atoms with Crippen LogP contribution >= 0.6 is 0 Å². The molecular weight excluding hydrogens is 240 g/mol. The largest absolute Gasteiger partial charge is 0.0654 e. The van der Waals surface area contributed by atoms with E-state index in [4.69, 9.17) is 0 Å². The van der Waals surface area contributed by atoms with Gasteiger partial charge in [0.05, 0.1) is 0 Å². The van der Waals surface area contributed by atoms with Gasteiger partial charge in [-0.1, -0.05) is 92.5 Å². The molecule has 0 spiro atoms. The van der Waals surface area contributed by atoms with Crippen molar-refractivity contribution < 1.29 is 0 Å². The fourth-order valence-corrected chi connectivity index (χ4v) is 0.663. The smallest absolute Gasteiger partial charge is 0.0334 e. The molecule has 0 atom stereocenters. The number of benzene rings is 1. The summed E-state index contributed by atoms with van der Waals surface area (Å²) >= 11 is 0. The minimum absolute atomic E-state index is 0.437. The molecule has 0 aliphatic heterocycles. The van der Waals surface area contributed by atoms with Crippen molar-refractivity contribution in [2.75, 3.05) is 0 Å². The van der Waals surface area contributed by atoms with Crippen LogP contribution in [0.1, 0.15) is 79.4 Å². The summed E-state index contributed by atoms with van der Waals surface area (Å²) in [7, 11) is 0. The van der Waals surface area contributed by atoms with Crippen LogP contribution in [0, 0.1) is 24.7 Å². The summed E-state index contributed by atoms with van der Waals surface area (Å²) in [6, 6.07) is 8.36. The average Bonchev–Trinajstić information content (AvgIpc) is 2.31. The summed E-state index contributed by atoms with van der Waals surface area (Å²) in [6.45, 7) is 22.2. The van der Waals surface area contributed by atoms with Crippen LogP contribution in [-0.4, -0.2) is 0 Å². The maximum absolute atomic E-state index is 2.27. The zero-order valence-corrected chi connectivity index (χ0v) is 15.7. The van der Waals surface area contributed by atoms with Gasteiger partial charge in [-0.2, -0.15) is 0 Å². The van der Waals surface area contributed by atoms with Crippen molar-refractivity contribution in [3.05, 3.63) is 35.4 Å². The Bertz CT molecular complexity index is 299. The van der Waals surface area contributed by atoms with E-state index >= 15 is 0 Å². The molecule has 1 aromatic rings. The van der Waals surface area contributed by atoms with E-state index in [9.17, 15) is 0 Å². The molecule has 0 nitrogen and oxygen atoms in total. The first-order valence-electron chi connectivity index (χ1n) is 7.99. The molecule has 0 saturated heterocycles. The van der Waals surface area contributed by atoms with Gasteiger partial charge in [-0.15, -0.1) is 0 Å². The quantitative estimate of drug-likeness (QED) is 0.510. The molecule has 0 fully saturated rings. The standard InChI is InChI=1S/C8H10.C8H18.C4H10/c1-7-5-3-4-6-8(7)2;1-7(2,3)8(4,5)6;1-3-4-2/h3-6H,1-2H3;1-6H3;3-4H2,1-2H3. The highest BCUT2D eigenvalue weighted by Gasteiger charge is 2.26. The monoisotopic (exact) mass is 278 g/mol. The van der Waals surface area contributed by atoms with E-state index in [1.54, 1.807) is 0 Å². The van der Waals surface area contributed by atoms with E-state index in [0.717, 1.165) is 0 Å². The molecule has 0 heteroatoms. The second-order valence-electron chi connectivity index (χ2n) is 7.58. The number of hydrogen-bond donors (Lipinski definition) is 0. The molecule has 118 valence electrons. The Kier molecular flexibility index (Phi) is 10.8. The minimum Gasteiger partial charge on any atom is -0.0654 e. The topological polar surface area (TPSA) is 0 Å². The molecule has 0 amide bonds. The highest BCUT2D eigenvalue weighted by molar-refractivity contribution is 5.23. The van der Waals surface area contributed by atoms with E-state index in [2.05, 4.69) is 93.5 Å². The fourth-order valence-electron chi connectivity index (χ4n) is 0.663. The third-order valence-corrected chi connectivity index (χ3v) is 4.18. The Balaban J connectivity index is 0. The molecule has 0 saturated carbocycles. The number of hydrogen-bond acceptors (Lipinski definition) is 0. The molecule has 1 rings (SSSR count). The molecule has 0 bridgehead atoms. The maximum Gasteiger partial charge on any atom is -0.0334 e. The predicted octanol–water partition coefficient (Wildman–Crippen LogP) is 7.19. The van der Waals surface area contributed by atoms with Crippen LogP contribution in [0.3, 0.4) is 0 Å².